The fraction of sp³-hybridized carbons (Fsp3) is 0.571. The van der Waals surface area contributed by atoms with Crippen molar-refractivity contribution < 1.29 is 28.5 Å². The van der Waals surface area contributed by atoms with Crippen LogP contribution in [0.2, 0.25) is 0 Å². The number of allylic oxidation sites excluding steroid dienone is 2. The van der Waals surface area contributed by atoms with Crippen molar-refractivity contribution in [2.45, 2.75) is 98.4 Å². The third-order valence-electron chi connectivity index (χ3n) is 6.34. The second kappa shape index (κ2) is 12.1. The van der Waals surface area contributed by atoms with E-state index < -0.39 is 29.7 Å². The minimum Gasteiger partial charge on any atom is -0.496 e. The Morgan fingerprint density at radius 2 is 1.62 bits per heavy atom. The molecule has 0 saturated heterocycles. The number of unbranched alkanes of at least 4 members (excludes halogenated alkanes) is 3. The van der Waals surface area contributed by atoms with Gasteiger partial charge < -0.3 is 18.9 Å². The fourth-order valence-corrected chi connectivity index (χ4v) is 4.00. The maximum Gasteiger partial charge on any atom is 0.334 e. The van der Waals surface area contributed by atoms with E-state index in [1.165, 1.54) is 6.42 Å². The molecule has 1 aromatic carbocycles. The van der Waals surface area contributed by atoms with Crippen molar-refractivity contribution in [3.8, 4) is 11.5 Å². The molecule has 0 radical (unpaired) electrons. The van der Waals surface area contributed by atoms with Crippen molar-refractivity contribution in [1.82, 2.24) is 0 Å². The van der Waals surface area contributed by atoms with E-state index in [-0.39, 0.29) is 0 Å². The first-order valence-electron chi connectivity index (χ1n) is 12.2. The molecule has 6 heteroatoms. The summed E-state index contributed by atoms with van der Waals surface area (Å²) >= 11 is 0. The highest BCUT2D eigenvalue weighted by Gasteiger charge is 2.50. The normalized spacial score (nSPS) is 19.6. The molecular formula is C28H40O6. The predicted octanol–water partition coefficient (Wildman–Crippen LogP) is 6.42. The number of ether oxygens (including phenoxy) is 4. The lowest BCUT2D eigenvalue weighted by atomic mass is 9.86. The lowest BCUT2D eigenvalue weighted by molar-refractivity contribution is -0.186. The van der Waals surface area contributed by atoms with Crippen LogP contribution in [0.25, 0.3) is 0 Å². The van der Waals surface area contributed by atoms with Gasteiger partial charge >= 0.3 is 11.9 Å². The molecule has 188 valence electrons. The van der Waals surface area contributed by atoms with Crippen LogP contribution in [0.1, 0.15) is 91.4 Å². The van der Waals surface area contributed by atoms with Crippen LogP contribution in [-0.2, 0) is 25.5 Å². The maximum atomic E-state index is 12.9. The highest BCUT2D eigenvalue weighted by molar-refractivity contribution is 5.89. The van der Waals surface area contributed by atoms with Crippen LogP contribution >= 0.6 is 0 Å². The quantitative estimate of drug-likeness (QED) is 0.222. The van der Waals surface area contributed by atoms with Crippen LogP contribution in [0.15, 0.2) is 35.4 Å². The molecule has 0 spiro atoms. The summed E-state index contributed by atoms with van der Waals surface area (Å²) in [6.45, 7) is 12.8. The van der Waals surface area contributed by atoms with Gasteiger partial charge in [0, 0.05) is 11.1 Å². The summed E-state index contributed by atoms with van der Waals surface area (Å²) in [5, 5.41) is 0. The van der Waals surface area contributed by atoms with Crippen LogP contribution in [0.5, 0.6) is 11.5 Å². The minimum atomic E-state index is -0.945. The Labute approximate surface area is 204 Å². The van der Waals surface area contributed by atoms with Crippen molar-refractivity contribution in [3.05, 3.63) is 46.6 Å². The first-order chi connectivity index (χ1) is 16.1. The average Bonchev–Trinajstić information content (AvgIpc) is 2.81. The largest absolute Gasteiger partial charge is 0.496 e. The Morgan fingerprint density at radius 3 is 2.18 bits per heavy atom. The number of rotatable bonds is 10. The predicted molar refractivity (Wildman–Crippen MR) is 133 cm³/mol. The van der Waals surface area contributed by atoms with Gasteiger partial charge in [0.05, 0.1) is 12.7 Å². The molecule has 1 aromatic rings. The van der Waals surface area contributed by atoms with Gasteiger partial charge in [-0.25, -0.2) is 9.59 Å². The second-order valence-corrected chi connectivity index (χ2v) is 9.28. The van der Waals surface area contributed by atoms with Crippen molar-refractivity contribution in [2.75, 3.05) is 7.11 Å². The lowest BCUT2D eigenvalue weighted by Gasteiger charge is -2.44. The molecule has 0 N–H and O–H groups in total. The average molecular weight is 473 g/mol. The third kappa shape index (κ3) is 6.22. The molecule has 1 heterocycles. The lowest BCUT2D eigenvalue weighted by Crippen LogP contribution is -2.52. The topological polar surface area (TPSA) is 71.1 Å². The number of carbonyl (C=O) groups excluding carboxylic acids is 2. The van der Waals surface area contributed by atoms with Crippen molar-refractivity contribution in [3.63, 3.8) is 0 Å². The van der Waals surface area contributed by atoms with E-state index in [2.05, 4.69) is 6.92 Å². The van der Waals surface area contributed by atoms with Gasteiger partial charge in [-0.3, -0.25) is 0 Å². The van der Waals surface area contributed by atoms with E-state index in [4.69, 9.17) is 18.9 Å². The summed E-state index contributed by atoms with van der Waals surface area (Å²) in [4.78, 5) is 25.6. The Balaban J connectivity index is 2.60. The SMILES string of the molecule is C/C=C(\C)C(=O)O[C@@H]1c2c(ccc(CCCCCC)c2OC)OC(C)(C)[C@@H]1OC(=O)/C(C)=C/C. The van der Waals surface area contributed by atoms with Gasteiger partial charge in [0.25, 0.3) is 0 Å². The van der Waals surface area contributed by atoms with E-state index in [0.29, 0.717) is 28.2 Å². The first-order valence-corrected chi connectivity index (χ1v) is 12.2. The highest BCUT2D eigenvalue weighted by Crippen LogP contribution is 2.49. The summed E-state index contributed by atoms with van der Waals surface area (Å²) in [5.41, 5.74) is 1.60. The minimum absolute atomic E-state index is 0.466. The number of aryl methyl sites for hydroxylation is 1. The van der Waals surface area contributed by atoms with Gasteiger partial charge in [-0.1, -0.05) is 44.4 Å². The molecule has 2 rings (SSSR count). The van der Waals surface area contributed by atoms with E-state index in [9.17, 15) is 9.59 Å². The van der Waals surface area contributed by atoms with Gasteiger partial charge in [0.2, 0.25) is 0 Å². The number of hydrogen-bond donors (Lipinski definition) is 0. The zero-order chi connectivity index (χ0) is 25.5. The Hall–Kier alpha value is -2.76. The number of esters is 2. The van der Waals surface area contributed by atoms with Crippen molar-refractivity contribution >= 4 is 11.9 Å². The number of carbonyl (C=O) groups is 2. The van der Waals surface area contributed by atoms with Gasteiger partial charge in [-0.2, -0.15) is 0 Å². The zero-order valence-electron chi connectivity index (χ0n) is 21.9. The number of methoxy groups -OCH3 is 1. The monoisotopic (exact) mass is 472 g/mol. The molecule has 0 saturated carbocycles. The van der Waals surface area contributed by atoms with Crippen molar-refractivity contribution in [1.29, 1.82) is 0 Å². The van der Waals surface area contributed by atoms with Crippen LogP contribution in [0, 0.1) is 0 Å². The molecule has 2 atom stereocenters. The van der Waals surface area contributed by atoms with E-state index in [1.54, 1.807) is 47.0 Å². The Morgan fingerprint density at radius 1 is 1.00 bits per heavy atom. The van der Waals surface area contributed by atoms with Crippen LogP contribution < -0.4 is 9.47 Å². The smallest absolute Gasteiger partial charge is 0.334 e. The summed E-state index contributed by atoms with van der Waals surface area (Å²) < 4.78 is 24.1. The first kappa shape index (κ1) is 27.5. The maximum absolute atomic E-state index is 12.9. The molecule has 0 fully saturated rings. The van der Waals surface area contributed by atoms with Gasteiger partial charge in [-0.15, -0.1) is 0 Å². The number of benzene rings is 1. The molecule has 0 amide bonds. The Bertz CT molecular complexity index is 940. The van der Waals surface area contributed by atoms with Crippen LogP contribution in [-0.4, -0.2) is 30.8 Å². The van der Waals surface area contributed by atoms with Crippen LogP contribution in [0.3, 0.4) is 0 Å². The van der Waals surface area contributed by atoms with Gasteiger partial charge in [0.1, 0.15) is 17.1 Å². The fourth-order valence-electron chi connectivity index (χ4n) is 4.00. The molecule has 6 nitrogen and oxygen atoms in total. The Kier molecular flexibility index (Phi) is 9.77. The van der Waals surface area contributed by atoms with Crippen molar-refractivity contribution in [2.24, 2.45) is 0 Å². The standard InChI is InChI=1S/C28H40O6/c1-9-12-13-14-15-20-16-17-21-22(23(20)31-8)24(32-26(29)18(4)10-2)25(28(6,7)34-21)33-27(30)19(5)11-3/h10-11,16-17,24-25H,9,12-15H2,1-8H3/b18-10+,19-11+/t24-,25-/m1/s1. The summed E-state index contributed by atoms with van der Waals surface area (Å²) in [7, 11) is 1.60. The molecule has 0 aromatic heterocycles. The molecule has 0 bridgehead atoms. The summed E-state index contributed by atoms with van der Waals surface area (Å²) in [5.74, 6) is 0.218. The highest BCUT2D eigenvalue weighted by atomic mass is 16.6. The third-order valence-corrected chi connectivity index (χ3v) is 6.34. The zero-order valence-corrected chi connectivity index (χ0v) is 21.9. The molecule has 1 aliphatic rings. The van der Waals surface area contributed by atoms with Gasteiger partial charge in [0.15, 0.2) is 12.2 Å². The molecule has 34 heavy (non-hydrogen) atoms. The number of hydrogen-bond acceptors (Lipinski definition) is 6. The summed E-state index contributed by atoms with van der Waals surface area (Å²) in [6, 6.07) is 3.90. The van der Waals surface area contributed by atoms with Gasteiger partial charge in [-0.05, 0) is 66.0 Å². The molecule has 0 unspecified atom stereocenters. The van der Waals surface area contributed by atoms with E-state index in [0.717, 1.165) is 31.2 Å². The molecular weight excluding hydrogens is 432 g/mol. The van der Waals surface area contributed by atoms with Crippen LogP contribution in [0.4, 0.5) is 0 Å². The van der Waals surface area contributed by atoms with E-state index >= 15 is 0 Å². The summed E-state index contributed by atoms with van der Waals surface area (Å²) in [6.07, 6.45) is 6.93. The molecule has 1 aliphatic heterocycles. The van der Waals surface area contributed by atoms with E-state index in [1.807, 2.05) is 26.0 Å². The number of fused-ring (bicyclic) bond motifs is 1. The second-order valence-electron chi connectivity index (χ2n) is 9.28. The molecule has 0 aliphatic carbocycles.